The van der Waals surface area contributed by atoms with Crippen molar-refractivity contribution in [1.82, 2.24) is 4.90 Å². The number of nitrogens with zero attached hydrogens (tertiary/aromatic N) is 1. The molecule has 1 N–H and O–H groups in total. The number of likely N-dealkylation sites (tertiary alicyclic amines) is 1. The van der Waals surface area contributed by atoms with Crippen molar-refractivity contribution in [3.8, 4) is 0 Å². The van der Waals surface area contributed by atoms with Crippen molar-refractivity contribution in [3.05, 3.63) is 21.9 Å². The van der Waals surface area contributed by atoms with E-state index in [0.29, 0.717) is 24.6 Å². The summed E-state index contributed by atoms with van der Waals surface area (Å²) in [6.07, 6.45) is 5.45. The number of rotatable bonds is 5. The summed E-state index contributed by atoms with van der Waals surface area (Å²) in [4.78, 5) is 25.8. The normalized spacial score (nSPS) is 22.5. The third-order valence-corrected chi connectivity index (χ3v) is 5.61. The number of carboxylic acid groups (broad SMARTS) is 1. The van der Waals surface area contributed by atoms with Crippen molar-refractivity contribution in [1.29, 1.82) is 0 Å². The van der Waals surface area contributed by atoms with Gasteiger partial charge in [-0.25, -0.2) is 4.79 Å². The lowest BCUT2D eigenvalue weighted by Gasteiger charge is -2.33. The molecule has 0 saturated carbocycles. The van der Waals surface area contributed by atoms with Crippen LogP contribution in [-0.2, 0) is 9.47 Å². The van der Waals surface area contributed by atoms with Gasteiger partial charge in [0.25, 0.3) is 5.91 Å². The molecule has 6 nitrogen and oxygen atoms in total. The van der Waals surface area contributed by atoms with E-state index in [4.69, 9.17) is 14.6 Å². The van der Waals surface area contributed by atoms with Crippen LogP contribution in [0.5, 0.6) is 0 Å². The number of carbonyl (C=O) groups excluding carboxylic acids is 1. The molecular formula is C17H23NO5S. The Hall–Kier alpha value is -1.44. The number of aromatic carboxylic acids is 1. The molecule has 1 aromatic rings. The Kier molecular flexibility index (Phi) is 5.86. The Balaban J connectivity index is 1.43. The lowest BCUT2D eigenvalue weighted by atomic mass is 10.1. The maximum atomic E-state index is 12.4. The molecule has 1 aromatic heterocycles. The Morgan fingerprint density at radius 2 is 1.96 bits per heavy atom. The molecule has 1 amide bonds. The fourth-order valence-corrected chi connectivity index (χ4v) is 3.94. The van der Waals surface area contributed by atoms with Gasteiger partial charge in [-0.05, 0) is 44.2 Å². The zero-order chi connectivity index (χ0) is 16.9. The Labute approximate surface area is 145 Å². The number of piperidine rings is 1. The number of thiophene rings is 1. The molecule has 2 aliphatic rings. The minimum Gasteiger partial charge on any atom is -0.477 e. The van der Waals surface area contributed by atoms with Crippen LogP contribution in [0.2, 0.25) is 0 Å². The van der Waals surface area contributed by atoms with Gasteiger partial charge in [0, 0.05) is 19.7 Å². The highest BCUT2D eigenvalue weighted by Crippen LogP contribution is 2.22. The van der Waals surface area contributed by atoms with Crippen LogP contribution >= 0.6 is 11.3 Å². The largest absolute Gasteiger partial charge is 0.477 e. The van der Waals surface area contributed by atoms with Crippen molar-refractivity contribution in [3.63, 3.8) is 0 Å². The first-order chi connectivity index (χ1) is 11.6. The molecule has 2 aliphatic heterocycles. The van der Waals surface area contributed by atoms with Gasteiger partial charge in [0.1, 0.15) is 4.88 Å². The van der Waals surface area contributed by atoms with E-state index in [1.165, 1.54) is 12.5 Å². The maximum Gasteiger partial charge on any atom is 0.345 e. The average Bonchev–Trinajstić information content (AvgIpc) is 3.11. The highest BCUT2D eigenvalue weighted by atomic mass is 32.1. The number of ether oxygens (including phenoxy) is 2. The molecule has 24 heavy (non-hydrogen) atoms. The summed E-state index contributed by atoms with van der Waals surface area (Å²) < 4.78 is 11.6. The van der Waals surface area contributed by atoms with E-state index >= 15 is 0 Å². The van der Waals surface area contributed by atoms with Crippen molar-refractivity contribution in [2.24, 2.45) is 0 Å². The third kappa shape index (κ3) is 4.34. The minimum absolute atomic E-state index is 0.0819. The van der Waals surface area contributed by atoms with Gasteiger partial charge in [-0.1, -0.05) is 0 Å². The summed E-state index contributed by atoms with van der Waals surface area (Å²) in [5.41, 5.74) is 0. The second kappa shape index (κ2) is 8.09. The average molecular weight is 353 g/mol. The lowest BCUT2D eigenvalue weighted by Crippen LogP contribution is -2.41. The summed E-state index contributed by atoms with van der Waals surface area (Å²) >= 11 is 1.03. The molecule has 1 atom stereocenters. The van der Waals surface area contributed by atoms with E-state index in [2.05, 4.69) is 0 Å². The van der Waals surface area contributed by atoms with E-state index < -0.39 is 5.97 Å². The first kappa shape index (κ1) is 17.4. The molecule has 0 spiro atoms. The molecule has 0 bridgehead atoms. The molecule has 132 valence electrons. The van der Waals surface area contributed by atoms with Crippen LogP contribution in [0, 0.1) is 0 Å². The van der Waals surface area contributed by atoms with Crippen LogP contribution in [0.1, 0.15) is 51.4 Å². The summed E-state index contributed by atoms with van der Waals surface area (Å²) in [6, 6.07) is 3.08. The van der Waals surface area contributed by atoms with Crippen molar-refractivity contribution >= 4 is 23.2 Å². The van der Waals surface area contributed by atoms with Crippen LogP contribution in [0.15, 0.2) is 12.1 Å². The van der Waals surface area contributed by atoms with Crippen molar-refractivity contribution < 1.29 is 24.2 Å². The zero-order valence-corrected chi connectivity index (χ0v) is 14.4. The van der Waals surface area contributed by atoms with E-state index in [0.717, 1.165) is 43.6 Å². The first-order valence-electron chi connectivity index (χ1n) is 8.49. The Bertz CT molecular complexity index is 573. The van der Waals surface area contributed by atoms with E-state index in [-0.39, 0.29) is 23.0 Å². The van der Waals surface area contributed by atoms with Gasteiger partial charge in [0.2, 0.25) is 0 Å². The van der Waals surface area contributed by atoms with E-state index in [1.807, 2.05) is 0 Å². The standard InChI is InChI=1S/C17H23NO5S/c19-16(14-4-5-15(24-14)17(20)21)18-8-6-12(7-9-18)23-11-13-3-1-2-10-22-13/h4-5,12-13H,1-3,6-11H2,(H,20,21). The van der Waals surface area contributed by atoms with E-state index in [9.17, 15) is 9.59 Å². The Morgan fingerprint density at radius 1 is 1.21 bits per heavy atom. The predicted octanol–water partition coefficient (Wildman–Crippen LogP) is 2.64. The number of hydrogen-bond acceptors (Lipinski definition) is 5. The lowest BCUT2D eigenvalue weighted by molar-refractivity contribution is -0.0732. The molecule has 2 fully saturated rings. The highest BCUT2D eigenvalue weighted by Gasteiger charge is 2.26. The van der Waals surface area contributed by atoms with Gasteiger partial charge < -0.3 is 19.5 Å². The van der Waals surface area contributed by atoms with Gasteiger partial charge in [-0.2, -0.15) is 0 Å². The number of hydrogen-bond donors (Lipinski definition) is 1. The molecule has 0 aromatic carbocycles. The second-order valence-electron chi connectivity index (χ2n) is 6.28. The summed E-state index contributed by atoms with van der Waals surface area (Å²) in [7, 11) is 0. The topological polar surface area (TPSA) is 76.1 Å². The Morgan fingerprint density at radius 3 is 2.58 bits per heavy atom. The highest BCUT2D eigenvalue weighted by molar-refractivity contribution is 7.15. The number of carbonyl (C=O) groups is 2. The zero-order valence-electron chi connectivity index (χ0n) is 13.6. The van der Waals surface area contributed by atoms with Crippen LogP contribution in [-0.4, -0.2) is 60.4 Å². The summed E-state index contributed by atoms with van der Waals surface area (Å²) in [5, 5.41) is 8.95. The number of amides is 1. The monoisotopic (exact) mass is 353 g/mol. The van der Waals surface area contributed by atoms with Crippen molar-refractivity contribution in [2.45, 2.75) is 44.3 Å². The van der Waals surface area contributed by atoms with Crippen LogP contribution in [0.25, 0.3) is 0 Å². The third-order valence-electron chi connectivity index (χ3n) is 4.55. The molecule has 0 radical (unpaired) electrons. The SMILES string of the molecule is O=C(O)c1ccc(C(=O)N2CCC(OCC3CCCCO3)CC2)s1. The molecule has 0 aliphatic carbocycles. The maximum absolute atomic E-state index is 12.4. The van der Waals surface area contributed by atoms with Gasteiger partial charge in [0.05, 0.1) is 23.7 Å². The summed E-state index contributed by atoms with van der Waals surface area (Å²) in [6.45, 7) is 2.77. The molecular weight excluding hydrogens is 330 g/mol. The van der Waals surface area contributed by atoms with Crippen molar-refractivity contribution in [2.75, 3.05) is 26.3 Å². The number of carboxylic acids is 1. The van der Waals surface area contributed by atoms with Crippen LogP contribution < -0.4 is 0 Å². The summed E-state index contributed by atoms with van der Waals surface area (Å²) in [5.74, 6) is -1.07. The molecule has 1 unspecified atom stereocenters. The van der Waals surface area contributed by atoms with Gasteiger partial charge in [-0.15, -0.1) is 11.3 Å². The molecule has 2 saturated heterocycles. The van der Waals surface area contributed by atoms with Gasteiger partial charge in [-0.3, -0.25) is 4.79 Å². The molecule has 7 heteroatoms. The van der Waals surface area contributed by atoms with Gasteiger partial charge in [0.15, 0.2) is 0 Å². The van der Waals surface area contributed by atoms with Crippen LogP contribution in [0.4, 0.5) is 0 Å². The minimum atomic E-state index is -0.990. The molecule has 3 rings (SSSR count). The fraction of sp³-hybridized carbons (Fsp3) is 0.647. The van der Waals surface area contributed by atoms with Gasteiger partial charge >= 0.3 is 5.97 Å². The fourth-order valence-electron chi connectivity index (χ4n) is 3.13. The van der Waals surface area contributed by atoms with Crippen LogP contribution in [0.3, 0.4) is 0 Å². The predicted molar refractivity (Wildman–Crippen MR) is 89.7 cm³/mol. The van der Waals surface area contributed by atoms with E-state index in [1.54, 1.807) is 11.0 Å². The second-order valence-corrected chi connectivity index (χ2v) is 7.37. The molecule has 3 heterocycles. The smallest absolute Gasteiger partial charge is 0.345 e. The first-order valence-corrected chi connectivity index (χ1v) is 9.31. The quantitative estimate of drug-likeness (QED) is 0.881.